The molecule has 0 amide bonds. The number of aromatic amines is 1. The molecule has 36 heavy (non-hydrogen) atoms. The number of ketones is 1. The summed E-state index contributed by atoms with van der Waals surface area (Å²) in [6, 6.07) is 30.0. The van der Waals surface area contributed by atoms with Crippen molar-refractivity contribution in [1.82, 2.24) is 9.97 Å². The number of halogens is 1. The van der Waals surface area contributed by atoms with Crippen LogP contribution in [0.5, 0.6) is 11.5 Å². The lowest BCUT2D eigenvalue weighted by Gasteiger charge is -2.12. The van der Waals surface area contributed by atoms with Crippen molar-refractivity contribution >= 4 is 40.1 Å². The number of hydrogen-bond acceptors (Lipinski definition) is 4. The molecule has 0 unspecified atom stereocenters. The summed E-state index contributed by atoms with van der Waals surface area (Å²) in [7, 11) is 1.59. The zero-order valence-electron chi connectivity index (χ0n) is 19.6. The fourth-order valence-electron chi connectivity index (χ4n) is 3.90. The Balaban J connectivity index is 1.53. The van der Waals surface area contributed by atoms with Gasteiger partial charge in [0.2, 0.25) is 0 Å². The van der Waals surface area contributed by atoms with Crippen LogP contribution in [0.3, 0.4) is 0 Å². The summed E-state index contributed by atoms with van der Waals surface area (Å²) in [4.78, 5) is 21.6. The number of aromatic nitrogens is 2. The first kappa shape index (κ1) is 23.4. The van der Waals surface area contributed by atoms with Gasteiger partial charge in [0.15, 0.2) is 17.3 Å². The molecule has 0 aliphatic heterocycles. The SMILES string of the molecule is COc1cc(C=C(C(=O)c2cccc(Cl)c2)c2nc3ccccc3[nH]2)ccc1OCc1ccccc1. The van der Waals surface area contributed by atoms with Gasteiger partial charge in [0.25, 0.3) is 0 Å². The Labute approximate surface area is 214 Å². The zero-order valence-corrected chi connectivity index (χ0v) is 20.3. The Morgan fingerprint density at radius 2 is 1.72 bits per heavy atom. The highest BCUT2D eigenvalue weighted by Gasteiger charge is 2.19. The molecular formula is C30H23ClN2O3. The number of H-pyrrole nitrogens is 1. The summed E-state index contributed by atoms with van der Waals surface area (Å²) in [5.41, 5.74) is 4.34. The maximum atomic E-state index is 13.6. The number of ether oxygens (including phenoxy) is 2. The molecule has 5 rings (SSSR count). The standard InChI is InChI=1S/C30H23ClN2O3/c1-35-28-17-21(14-15-27(28)36-19-20-8-3-2-4-9-20)16-24(29(34)22-10-7-11-23(31)18-22)30-32-25-12-5-6-13-26(25)33-30/h2-18H,19H2,1H3,(H,32,33). The number of hydrogen-bond donors (Lipinski definition) is 1. The number of fused-ring (bicyclic) bond motifs is 1. The number of nitrogens with zero attached hydrogens (tertiary/aromatic N) is 1. The van der Waals surface area contributed by atoms with Crippen molar-refractivity contribution in [3.63, 3.8) is 0 Å². The van der Waals surface area contributed by atoms with Gasteiger partial charge in [-0.2, -0.15) is 0 Å². The van der Waals surface area contributed by atoms with Crippen molar-refractivity contribution in [2.45, 2.75) is 6.61 Å². The second-order valence-corrected chi connectivity index (χ2v) is 8.62. The van der Waals surface area contributed by atoms with Crippen molar-refractivity contribution in [3.05, 3.63) is 125 Å². The summed E-state index contributed by atoms with van der Waals surface area (Å²) in [5, 5.41) is 0.492. The molecule has 0 saturated carbocycles. The molecule has 1 aromatic heterocycles. The number of carbonyl (C=O) groups excluding carboxylic acids is 1. The van der Waals surface area contributed by atoms with Crippen LogP contribution in [0.1, 0.15) is 27.3 Å². The number of benzene rings is 4. The Bertz CT molecular complexity index is 1520. The molecule has 0 atom stereocenters. The van der Waals surface area contributed by atoms with E-state index in [9.17, 15) is 4.79 Å². The third-order valence-corrected chi connectivity index (χ3v) is 5.95. The average Bonchev–Trinajstić information content (AvgIpc) is 3.35. The number of para-hydroxylation sites is 2. The van der Waals surface area contributed by atoms with E-state index >= 15 is 0 Å². The van der Waals surface area contributed by atoms with Gasteiger partial charge >= 0.3 is 0 Å². The van der Waals surface area contributed by atoms with Crippen molar-refractivity contribution in [1.29, 1.82) is 0 Å². The van der Waals surface area contributed by atoms with E-state index in [4.69, 9.17) is 21.1 Å². The summed E-state index contributed by atoms with van der Waals surface area (Å²) < 4.78 is 11.6. The molecule has 0 spiro atoms. The second-order valence-electron chi connectivity index (χ2n) is 8.18. The first-order valence-corrected chi connectivity index (χ1v) is 11.8. The fourth-order valence-corrected chi connectivity index (χ4v) is 4.09. The van der Waals surface area contributed by atoms with E-state index in [0.717, 1.165) is 22.2 Å². The molecule has 0 bridgehead atoms. The molecule has 1 heterocycles. The number of methoxy groups -OCH3 is 1. The number of allylic oxidation sites excluding steroid dienone is 1. The monoisotopic (exact) mass is 494 g/mol. The predicted octanol–water partition coefficient (Wildman–Crippen LogP) is 7.23. The number of nitrogens with one attached hydrogen (secondary N) is 1. The third kappa shape index (κ3) is 5.16. The average molecular weight is 495 g/mol. The topological polar surface area (TPSA) is 64.2 Å². The molecule has 6 heteroatoms. The Morgan fingerprint density at radius 3 is 2.50 bits per heavy atom. The van der Waals surface area contributed by atoms with Crippen LogP contribution in [0.15, 0.2) is 97.1 Å². The lowest BCUT2D eigenvalue weighted by atomic mass is 10.00. The van der Waals surface area contributed by atoms with Crippen LogP contribution in [0.4, 0.5) is 0 Å². The molecule has 0 aliphatic carbocycles. The highest BCUT2D eigenvalue weighted by Crippen LogP contribution is 2.31. The van der Waals surface area contributed by atoms with E-state index in [0.29, 0.717) is 40.1 Å². The van der Waals surface area contributed by atoms with Gasteiger partial charge in [-0.05, 0) is 53.6 Å². The maximum Gasteiger partial charge on any atom is 0.196 e. The summed E-state index contributed by atoms with van der Waals surface area (Å²) in [5.74, 6) is 1.47. The van der Waals surface area contributed by atoms with Crippen molar-refractivity contribution < 1.29 is 14.3 Å². The van der Waals surface area contributed by atoms with E-state index in [1.165, 1.54) is 0 Å². The molecule has 4 aromatic carbocycles. The lowest BCUT2D eigenvalue weighted by Crippen LogP contribution is -2.04. The molecule has 178 valence electrons. The molecule has 0 saturated heterocycles. The molecular weight excluding hydrogens is 472 g/mol. The van der Waals surface area contributed by atoms with E-state index in [1.807, 2.05) is 72.8 Å². The normalized spacial score (nSPS) is 11.4. The molecule has 1 N–H and O–H groups in total. The van der Waals surface area contributed by atoms with Gasteiger partial charge < -0.3 is 14.5 Å². The first-order chi connectivity index (χ1) is 17.6. The van der Waals surface area contributed by atoms with E-state index in [1.54, 1.807) is 37.5 Å². The van der Waals surface area contributed by atoms with Crippen molar-refractivity contribution in [3.8, 4) is 11.5 Å². The lowest BCUT2D eigenvalue weighted by molar-refractivity contribution is 0.105. The summed E-state index contributed by atoms with van der Waals surface area (Å²) >= 11 is 6.17. The van der Waals surface area contributed by atoms with Crippen LogP contribution in [-0.4, -0.2) is 22.9 Å². The van der Waals surface area contributed by atoms with E-state index in [-0.39, 0.29) is 5.78 Å². The van der Waals surface area contributed by atoms with Gasteiger partial charge in [-0.25, -0.2) is 4.98 Å². The Kier molecular flexibility index (Phi) is 6.83. The maximum absolute atomic E-state index is 13.6. The highest BCUT2D eigenvalue weighted by atomic mass is 35.5. The largest absolute Gasteiger partial charge is 0.493 e. The number of imidazole rings is 1. The highest BCUT2D eigenvalue weighted by molar-refractivity contribution is 6.34. The minimum absolute atomic E-state index is 0.195. The second kappa shape index (κ2) is 10.5. The predicted molar refractivity (Wildman–Crippen MR) is 144 cm³/mol. The van der Waals surface area contributed by atoms with Gasteiger partial charge in [-0.3, -0.25) is 4.79 Å². The number of Topliss-reactive ketones (excluding diaryl/α,β-unsaturated/α-hetero) is 1. The van der Waals surface area contributed by atoms with E-state index < -0.39 is 0 Å². The van der Waals surface area contributed by atoms with Crippen LogP contribution in [-0.2, 0) is 6.61 Å². The van der Waals surface area contributed by atoms with Crippen molar-refractivity contribution in [2.75, 3.05) is 7.11 Å². The fraction of sp³-hybridized carbons (Fsp3) is 0.0667. The summed E-state index contributed by atoms with van der Waals surface area (Å²) in [6.07, 6.45) is 1.80. The van der Waals surface area contributed by atoms with Crippen LogP contribution in [0.25, 0.3) is 22.7 Å². The molecule has 0 radical (unpaired) electrons. The molecule has 5 aromatic rings. The minimum atomic E-state index is -0.195. The number of carbonyl (C=O) groups is 1. The molecule has 0 fully saturated rings. The van der Waals surface area contributed by atoms with Crippen LogP contribution >= 0.6 is 11.6 Å². The van der Waals surface area contributed by atoms with Gasteiger partial charge in [0.1, 0.15) is 12.4 Å². The smallest absolute Gasteiger partial charge is 0.196 e. The summed E-state index contributed by atoms with van der Waals surface area (Å²) in [6.45, 7) is 0.421. The minimum Gasteiger partial charge on any atom is -0.493 e. The van der Waals surface area contributed by atoms with Gasteiger partial charge in [-0.1, -0.05) is 72.3 Å². The van der Waals surface area contributed by atoms with Crippen molar-refractivity contribution in [2.24, 2.45) is 0 Å². The third-order valence-electron chi connectivity index (χ3n) is 5.71. The Morgan fingerprint density at radius 1 is 0.917 bits per heavy atom. The van der Waals surface area contributed by atoms with Crippen LogP contribution in [0, 0.1) is 0 Å². The van der Waals surface area contributed by atoms with Crippen LogP contribution < -0.4 is 9.47 Å². The Hall–Kier alpha value is -4.35. The number of rotatable bonds is 8. The zero-order chi connectivity index (χ0) is 24.9. The van der Waals surface area contributed by atoms with Crippen LogP contribution in [0.2, 0.25) is 5.02 Å². The van der Waals surface area contributed by atoms with Gasteiger partial charge in [0.05, 0.1) is 23.7 Å². The first-order valence-electron chi connectivity index (χ1n) is 11.4. The van der Waals surface area contributed by atoms with Gasteiger partial charge in [0, 0.05) is 10.6 Å². The molecule has 0 aliphatic rings. The van der Waals surface area contributed by atoms with E-state index in [2.05, 4.69) is 9.97 Å². The molecule has 5 nitrogen and oxygen atoms in total. The van der Waals surface area contributed by atoms with Gasteiger partial charge in [-0.15, -0.1) is 0 Å². The quantitative estimate of drug-likeness (QED) is 0.182.